The van der Waals surface area contributed by atoms with E-state index in [0.29, 0.717) is 11.1 Å². The highest BCUT2D eigenvalue weighted by molar-refractivity contribution is 6.31. The van der Waals surface area contributed by atoms with Gasteiger partial charge >= 0.3 is 5.97 Å². The van der Waals surface area contributed by atoms with E-state index < -0.39 is 5.97 Å². The molecular formula is C15H20ClNO2. The van der Waals surface area contributed by atoms with Crippen molar-refractivity contribution in [3.8, 4) is 0 Å². The second-order valence-corrected chi connectivity index (χ2v) is 4.85. The first-order valence-corrected chi connectivity index (χ1v) is 6.84. The SMILES string of the molecule is CCC(C)N(CC)c1cc(Cl)ccc1/C=C/C(=O)O. The Morgan fingerprint density at radius 1 is 1.47 bits per heavy atom. The molecular weight excluding hydrogens is 262 g/mol. The Balaban J connectivity index is 3.22. The van der Waals surface area contributed by atoms with Crippen LogP contribution in [0.25, 0.3) is 6.08 Å². The fourth-order valence-electron chi connectivity index (χ4n) is 2.01. The van der Waals surface area contributed by atoms with E-state index in [-0.39, 0.29) is 0 Å². The van der Waals surface area contributed by atoms with E-state index in [4.69, 9.17) is 16.7 Å². The summed E-state index contributed by atoms with van der Waals surface area (Å²) in [5, 5.41) is 9.40. The maximum absolute atomic E-state index is 10.7. The van der Waals surface area contributed by atoms with Crippen molar-refractivity contribution in [3.63, 3.8) is 0 Å². The van der Waals surface area contributed by atoms with Gasteiger partial charge in [0.25, 0.3) is 0 Å². The topological polar surface area (TPSA) is 40.5 Å². The van der Waals surface area contributed by atoms with Crippen molar-refractivity contribution < 1.29 is 9.90 Å². The summed E-state index contributed by atoms with van der Waals surface area (Å²) >= 11 is 6.06. The average molecular weight is 282 g/mol. The molecule has 0 amide bonds. The Hall–Kier alpha value is -1.48. The summed E-state index contributed by atoms with van der Waals surface area (Å²) in [5.74, 6) is -0.951. The van der Waals surface area contributed by atoms with E-state index in [0.717, 1.165) is 30.3 Å². The zero-order valence-electron chi connectivity index (χ0n) is 11.6. The van der Waals surface area contributed by atoms with Crippen LogP contribution in [0.5, 0.6) is 0 Å². The van der Waals surface area contributed by atoms with E-state index in [2.05, 4.69) is 25.7 Å². The number of carboxylic acids is 1. The largest absolute Gasteiger partial charge is 0.478 e. The molecule has 1 aromatic carbocycles. The van der Waals surface area contributed by atoms with Crippen LogP contribution in [0.2, 0.25) is 5.02 Å². The predicted octanol–water partition coefficient (Wildman–Crippen LogP) is 4.06. The van der Waals surface area contributed by atoms with Crippen LogP contribution < -0.4 is 4.90 Å². The minimum absolute atomic E-state index is 0.375. The van der Waals surface area contributed by atoms with Crippen molar-refractivity contribution in [2.75, 3.05) is 11.4 Å². The quantitative estimate of drug-likeness (QED) is 0.799. The molecule has 1 rings (SSSR count). The van der Waals surface area contributed by atoms with Gasteiger partial charge in [-0.25, -0.2) is 4.79 Å². The second-order valence-electron chi connectivity index (χ2n) is 4.42. The van der Waals surface area contributed by atoms with E-state index >= 15 is 0 Å². The van der Waals surface area contributed by atoms with Crippen molar-refractivity contribution >= 4 is 29.3 Å². The van der Waals surface area contributed by atoms with Crippen LogP contribution in [-0.2, 0) is 4.79 Å². The predicted molar refractivity (Wildman–Crippen MR) is 80.9 cm³/mol. The number of halogens is 1. The molecule has 1 atom stereocenters. The highest BCUT2D eigenvalue weighted by Crippen LogP contribution is 2.28. The first kappa shape index (κ1) is 15.6. The van der Waals surface area contributed by atoms with Crippen LogP contribution in [-0.4, -0.2) is 23.7 Å². The smallest absolute Gasteiger partial charge is 0.328 e. The fraction of sp³-hybridized carbons (Fsp3) is 0.400. The van der Waals surface area contributed by atoms with Gasteiger partial charge in [-0.3, -0.25) is 0 Å². The zero-order chi connectivity index (χ0) is 14.4. The van der Waals surface area contributed by atoms with Crippen molar-refractivity contribution in [1.82, 2.24) is 0 Å². The van der Waals surface area contributed by atoms with Crippen molar-refractivity contribution in [2.24, 2.45) is 0 Å². The number of benzene rings is 1. The van der Waals surface area contributed by atoms with Gasteiger partial charge in [-0.05, 0) is 44.0 Å². The van der Waals surface area contributed by atoms with Gasteiger partial charge in [-0.1, -0.05) is 24.6 Å². The molecule has 0 aromatic heterocycles. The highest BCUT2D eigenvalue weighted by atomic mass is 35.5. The number of hydrogen-bond donors (Lipinski definition) is 1. The second kappa shape index (κ2) is 7.19. The van der Waals surface area contributed by atoms with Crippen molar-refractivity contribution in [1.29, 1.82) is 0 Å². The van der Waals surface area contributed by atoms with Gasteiger partial charge < -0.3 is 10.0 Å². The molecule has 0 aliphatic carbocycles. The Morgan fingerprint density at radius 3 is 2.68 bits per heavy atom. The van der Waals surface area contributed by atoms with Crippen LogP contribution in [0.1, 0.15) is 32.8 Å². The molecule has 1 unspecified atom stereocenters. The molecule has 104 valence electrons. The minimum atomic E-state index is -0.951. The molecule has 0 bridgehead atoms. The van der Waals surface area contributed by atoms with Crippen LogP contribution in [0.3, 0.4) is 0 Å². The summed E-state index contributed by atoms with van der Waals surface area (Å²) in [4.78, 5) is 12.9. The lowest BCUT2D eigenvalue weighted by molar-refractivity contribution is -0.131. The normalized spacial score (nSPS) is 12.6. The van der Waals surface area contributed by atoms with E-state index in [1.54, 1.807) is 12.1 Å². The molecule has 0 saturated heterocycles. The van der Waals surface area contributed by atoms with Crippen molar-refractivity contribution in [2.45, 2.75) is 33.2 Å². The van der Waals surface area contributed by atoms with E-state index in [1.807, 2.05) is 12.1 Å². The maximum atomic E-state index is 10.7. The van der Waals surface area contributed by atoms with E-state index in [9.17, 15) is 4.79 Å². The molecule has 1 aromatic rings. The van der Waals surface area contributed by atoms with Gasteiger partial charge in [0.05, 0.1) is 0 Å². The van der Waals surface area contributed by atoms with E-state index in [1.165, 1.54) is 0 Å². The van der Waals surface area contributed by atoms with Gasteiger partial charge in [-0.2, -0.15) is 0 Å². The monoisotopic (exact) mass is 281 g/mol. The molecule has 3 nitrogen and oxygen atoms in total. The minimum Gasteiger partial charge on any atom is -0.478 e. The van der Waals surface area contributed by atoms with Crippen molar-refractivity contribution in [3.05, 3.63) is 34.9 Å². The summed E-state index contributed by atoms with van der Waals surface area (Å²) < 4.78 is 0. The summed E-state index contributed by atoms with van der Waals surface area (Å²) in [7, 11) is 0. The summed E-state index contributed by atoms with van der Waals surface area (Å²) in [6.07, 6.45) is 3.78. The lowest BCUT2D eigenvalue weighted by atomic mass is 10.1. The highest BCUT2D eigenvalue weighted by Gasteiger charge is 2.14. The zero-order valence-corrected chi connectivity index (χ0v) is 12.3. The van der Waals surface area contributed by atoms with Gasteiger partial charge in [0.15, 0.2) is 0 Å². The molecule has 0 heterocycles. The number of nitrogens with zero attached hydrogens (tertiary/aromatic N) is 1. The number of carboxylic acid groups (broad SMARTS) is 1. The summed E-state index contributed by atoms with van der Waals surface area (Å²) in [6, 6.07) is 5.89. The standard InChI is InChI=1S/C15H20ClNO2/c1-4-11(3)17(5-2)14-10-13(16)8-6-12(14)7-9-15(18)19/h6-11H,4-5H2,1-3H3,(H,18,19)/b9-7+. The lowest BCUT2D eigenvalue weighted by Gasteiger charge is -2.31. The number of rotatable bonds is 6. The molecule has 0 fully saturated rings. The summed E-state index contributed by atoms with van der Waals surface area (Å²) in [5.41, 5.74) is 1.84. The molecule has 1 N–H and O–H groups in total. The first-order valence-electron chi connectivity index (χ1n) is 6.46. The van der Waals surface area contributed by atoms with Gasteiger partial charge in [-0.15, -0.1) is 0 Å². The number of carbonyl (C=O) groups is 1. The lowest BCUT2D eigenvalue weighted by Crippen LogP contribution is -2.32. The molecule has 0 aliphatic rings. The fourth-order valence-corrected chi connectivity index (χ4v) is 2.17. The van der Waals surface area contributed by atoms with Crippen LogP contribution in [0.4, 0.5) is 5.69 Å². The molecule has 0 saturated carbocycles. The third kappa shape index (κ3) is 4.28. The average Bonchev–Trinajstić information content (AvgIpc) is 2.38. The van der Waals surface area contributed by atoms with Gasteiger partial charge in [0, 0.05) is 29.4 Å². The molecule has 0 spiro atoms. The number of hydrogen-bond acceptors (Lipinski definition) is 2. The maximum Gasteiger partial charge on any atom is 0.328 e. The summed E-state index contributed by atoms with van der Waals surface area (Å²) in [6.45, 7) is 7.21. The van der Waals surface area contributed by atoms with Gasteiger partial charge in [0.2, 0.25) is 0 Å². The Kier molecular flexibility index (Phi) is 5.90. The molecule has 0 radical (unpaired) electrons. The van der Waals surface area contributed by atoms with Crippen LogP contribution in [0, 0.1) is 0 Å². The Morgan fingerprint density at radius 2 is 2.16 bits per heavy atom. The molecule has 19 heavy (non-hydrogen) atoms. The Bertz CT molecular complexity index is 471. The Labute approximate surface area is 119 Å². The third-order valence-electron chi connectivity index (χ3n) is 3.17. The van der Waals surface area contributed by atoms with Crippen LogP contribution in [0.15, 0.2) is 24.3 Å². The van der Waals surface area contributed by atoms with Crippen LogP contribution >= 0.6 is 11.6 Å². The first-order chi connectivity index (χ1) is 8.99. The third-order valence-corrected chi connectivity index (χ3v) is 3.41. The number of anilines is 1. The number of aliphatic carboxylic acids is 1. The van der Waals surface area contributed by atoms with Gasteiger partial charge in [0.1, 0.15) is 0 Å². The molecule has 4 heteroatoms. The molecule has 0 aliphatic heterocycles.